The molecule has 0 radical (unpaired) electrons. The Morgan fingerprint density at radius 1 is 1.22 bits per heavy atom. The van der Waals surface area contributed by atoms with Crippen LogP contribution >= 0.6 is 11.6 Å². The molecule has 0 aliphatic carbocycles. The molecule has 11 heteroatoms. The molecular weight excluding hydrogens is 458 g/mol. The molecule has 2 amide bonds. The number of benzene rings is 2. The maximum absolute atomic E-state index is 12.9. The first-order valence-electron chi connectivity index (χ1n) is 9.78. The van der Waals surface area contributed by atoms with Crippen LogP contribution < -0.4 is 24.8 Å². The van der Waals surface area contributed by atoms with Crippen LogP contribution in [-0.2, 0) is 16.1 Å². The van der Waals surface area contributed by atoms with Crippen molar-refractivity contribution in [2.75, 3.05) is 14.2 Å². The van der Waals surface area contributed by atoms with Crippen molar-refractivity contribution in [2.24, 2.45) is 0 Å². The van der Waals surface area contributed by atoms with E-state index in [4.69, 9.17) is 25.6 Å². The molecule has 0 heterocycles. The summed E-state index contributed by atoms with van der Waals surface area (Å²) in [7, 11) is 2.86. The lowest BCUT2D eigenvalue weighted by Crippen LogP contribution is -2.47. The van der Waals surface area contributed by atoms with E-state index in [9.17, 15) is 13.8 Å². The van der Waals surface area contributed by atoms with Crippen LogP contribution in [0, 0.1) is 0 Å². The SMILES string of the molecule is CCCC(NC(=O)c1cc(Cl)ccc1OC)c1cccc(OC(NS(=O)O)C(=O)NC)c1. The first-order chi connectivity index (χ1) is 15.3. The van der Waals surface area contributed by atoms with Gasteiger partial charge in [0.1, 0.15) is 11.5 Å². The van der Waals surface area contributed by atoms with Gasteiger partial charge in [0.25, 0.3) is 11.8 Å². The summed E-state index contributed by atoms with van der Waals surface area (Å²) in [6.45, 7) is 1.99. The van der Waals surface area contributed by atoms with E-state index in [0.29, 0.717) is 22.8 Å². The van der Waals surface area contributed by atoms with Crippen LogP contribution in [0.1, 0.15) is 41.7 Å². The second kappa shape index (κ2) is 12.4. The van der Waals surface area contributed by atoms with Crippen molar-refractivity contribution in [1.29, 1.82) is 0 Å². The normalized spacial score (nSPS) is 13.5. The highest BCUT2D eigenvalue weighted by molar-refractivity contribution is 7.77. The Labute approximate surface area is 194 Å². The lowest BCUT2D eigenvalue weighted by atomic mass is 10.0. The topological polar surface area (TPSA) is 126 Å². The van der Waals surface area contributed by atoms with E-state index in [1.807, 2.05) is 13.0 Å². The van der Waals surface area contributed by atoms with E-state index >= 15 is 0 Å². The average Bonchev–Trinajstić information content (AvgIpc) is 2.77. The molecule has 9 nitrogen and oxygen atoms in total. The third-order valence-corrected chi connectivity index (χ3v) is 5.15. The fraction of sp³-hybridized carbons (Fsp3) is 0.333. The summed E-state index contributed by atoms with van der Waals surface area (Å²) in [6, 6.07) is 11.2. The minimum absolute atomic E-state index is 0.282. The molecule has 0 saturated carbocycles. The van der Waals surface area contributed by atoms with Crippen molar-refractivity contribution in [3.8, 4) is 11.5 Å². The molecule has 0 saturated heterocycles. The maximum atomic E-state index is 12.9. The van der Waals surface area contributed by atoms with Gasteiger partial charge in [-0.3, -0.25) is 14.1 Å². The molecule has 4 N–H and O–H groups in total. The molecule has 3 atom stereocenters. The Hall–Kier alpha value is -2.66. The Morgan fingerprint density at radius 3 is 2.59 bits per heavy atom. The number of nitrogens with one attached hydrogen (secondary N) is 3. The van der Waals surface area contributed by atoms with Crippen LogP contribution in [0.15, 0.2) is 42.5 Å². The number of hydrogen-bond acceptors (Lipinski definition) is 5. The van der Waals surface area contributed by atoms with Crippen molar-refractivity contribution >= 4 is 34.7 Å². The molecule has 3 unspecified atom stereocenters. The van der Waals surface area contributed by atoms with Gasteiger partial charge in [0.15, 0.2) is 0 Å². The van der Waals surface area contributed by atoms with Crippen LogP contribution in [0.2, 0.25) is 5.02 Å². The van der Waals surface area contributed by atoms with Crippen LogP contribution in [0.4, 0.5) is 0 Å². The summed E-state index contributed by atoms with van der Waals surface area (Å²) in [5.74, 6) is -0.292. The lowest BCUT2D eigenvalue weighted by Gasteiger charge is -2.21. The van der Waals surface area contributed by atoms with Gasteiger partial charge in [-0.25, -0.2) is 4.21 Å². The molecular formula is C21H26ClN3O6S. The van der Waals surface area contributed by atoms with Gasteiger partial charge in [-0.1, -0.05) is 37.1 Å². The zero-order valence-corrected chi connectivity index (χ0v) is 19.5. The van der Waals surface area contributed by atoms with Gasteiger partial charge in [0.2, 0.25) is 17.5 Å². The van der Waals surface area contributed by atoms with Gasteiger partial charge < -0.3 is 20.1 Å². The van der Waals surface area contributed by atoms with Gasteiger partial charge in [-0.2, -0.15) is 4.72 Å². The summed E-state index contributed by atoms with van der Waals surface area (Å²) in [6.07, 6.45) is 0.0424. The molecule has 0 bridgehead atoms. The van der Waals surface area contributed by atoms with Gasteiger partial charge in [-0.15, -0.1) is 0 Å². The molecule has 32 heavy (non-hydrogen) atoms. The van der Waals surface area contributed by atoms with Crippen molar-refractivity contribution in [1.82, 2.24) is 15.4 Å². The zero-order valence-electron chi connectivity index (χ0n) is 17.9. The molecule has 2 aromatic carbocycles. The third-order valence-electron chi connectivity index (χ3n) is 4.50. The fourth-order valence-corrected chi connectivity index (χ4v) is 3.51. The standard InChI is InChI=1S/C21H26ClN3O6S/c1-4-6-17(24-19(26)16-12-14(22)9-10-18(16)30-3)13-7-5-8-15(11-13)31-21(20(27)23-2)25-32(28)29/h5,7-12,17,21,25H,4,6H2,1-3H3,(H,23,27)(H,24,26)(H,28,29). The van der Waals surface area contributed by atoms with Crippen molar-refractivity contribution in [3.63, 3.8) is 0 Å². The first-order valence-corrected chi connectivity index (χ1v) is 11.3. The molecule has 0 aromatic heterocycles. The predicted molar refractivity (Wildman–Crippen MR) is 122 cm³/mol. The highest BCUT2D eigenvalue weighted by atomic mass is 35.5. The van der Waals surface area contributed by atoms with E-state index < -0.39 is 23.4 Å². The molecule has 174 valence electrons. The lowest BCUT2D eigenvalue weighted by molar-refractivity contribution is -0.128. The quantitative estimate of drug-likeness (QED) is 0.287. The average molecular weight is 484 g/mol. The second-order valence-electron chi connectivity index (χ2n) is 6.71. The highest BCUT2D eigenvalue weighted by Crippen LogP contribution is 2.27. The number of methoxy groups -OCH3 is 1. The first kappa shape index (κ1) is 25.6. The summed E-state index contributed by atoms with van der Waals surface area (Å²) in [5, 5.41) is 5.75. The highest BCUT2D eigenvalue weighted by Gasteiger charge is 2.22. The Bertz CT molecular complexity index is 974. The maximum Gasteiger partial charge on any atom is 0.277 e. The summed E-state index contributed by atoms with van der Waals surface area (Å²) in [5.41, 5.74) is 1.04. The number of likely N-dealkylation sites (N-methyl/N-ethyl adjacent to an activating group) is 1. The van der Waals surface area contributed by atoms with E-state index in [2.05, 4.69) is 15.4 Å². The molecule has 2 aromatic rings. The van der Waals surface area contributed by atoms with Crippen LogP contribution in [-0.4, -0.2) is 41.0 Å². The largest absolute Gasteiger partial charge is 0.496 e. The van der Waals surface area contributed by atoms with E-state index in [-0.39, 0.29) is 17.7 Å². The van der Waals surface area contributed by atoms with Crippen molar-refractivity contribution < 1.29 is 27.8 Å². The molecule has 0 aliphatic rings. The number of rotatable bonds is 11. The molecule has 0 spiro atoms. The number of hydrogen-bond donors (Lipinski definition) is 4. The van der Waals surface area contributed by atoms with Crippen LogP contribution in [0.5, 0.6) is 11.5 Å². The Balaban J connectivity index is 2.27. The Kier molecular flexibility index (Phi) is 9.92. The molecule has 0 aliphatic heterocycles. The number of ether oxygens (including phenoxy) is 2. The number of amides is 2. The van der Waals surface area contributed by atoms with Crippen molar-refractivity contribution in [2.45, 2.75) is 32.0 Å². The minimum atomic E-state index is -2.46. The van der Waals surface area contributed by atoms with E-state index in [0.717, 1.165) is 12.0 Å². The molecule has 0 fully saturated rings. The third kappa shape index (κ3) is 7.20. The zero-order chi connectivity index (χ0) is 23.7. The van der Waals surface area contributed by atoms with E-state index in [1.165, 1.54) is 20.2 Å². The predicted octanol–water partition coefficient (Wildman–Crippen LogP) is 2.80. The minimum Gasteiger partial charge on any atom is -0.496 e. The van der Waals surface area contributed by atoms with Crippen molar-refractivity contribution in [3.05, 3.63) is 58.6 Å². The van der Waals surface area contributed by atoms with Gasteiger partial charge in [0, 0.05) is 12.1 Å². The van der Waals surface area contributed by atoms with Gasteiger partial charge in [-0.05, 0) is 42.3 Å². The fourth-order valence-electron chi connectivity index (χ4n) is 3.00. The van der Waals surface area contributed by atoms with E-state index in [1.54, 1.807) is 30.3 Å². The number of halogens is 1. The number of carbonyl (C=O) groups excluding carboxylic acids is 2. The monoisotopic (exact) mass is 483 g/mol. The summed E-state index contributed by atoms with van der Waals surface area (Å²) < 4.78 is 33.1. The van der Waals surface area contributed by atoms with Crippen LogP contribution in [0.3, 0.4) is 0 Å². The molecule has 2 rings (SSSR count). The second-order valence-corrected chi connectivity index (χ2v) is 7.88. The number of carbonyl (C=O) groups is 2. The summed E-state index contributed by atoms with van der Waals surface area (Å²) in [4.78, 5) is 24.9. The summed E-state index contributed by atoms with van der Waals surface area (Å²) >= 11 is 3.59. The van der Waals surface area contributed by atoms with Gasteiger partial charge in [0.05, 0.1) is 18.7 Å². The van der Waals surface area contributed by atoms with Gasteiger partial charge >= 0.3 is 0 Å². The Morgan fingerprint density at radius 2 is 1.97 bits per heavy atom. The van der Waals surface area contributed by atoms with Crippen LogP contribution in [0.25, 0.3) is 0 Å². The smallest absolute Gasteiger partial charge is 0.277 e.